The maximum atomic E-state index is 13.6. The molecule has 0 spiro atoms. The second-order valence-corrected chi connectivity index (χ2v) is 12.1. The van der Waals surface area contributed by atoms with Gasteiger partial charge in [-0.15, -0.1) is 0 Å². The number of amidine groups is 1. The summed E-state index contributed by atoms with van der Waals surface area (Å²) in [5, 5.41) is 2.60. The second-order valence-electron chi connectivity index (χ2n) is 12.1. The molecule has 0 aliphatic heterocycles. The molecule has 2 N–H and O–H groups in total. The Labute approximate surface area is 296 Å². The maximum absolute atomic E-state index is 13.6. The summed E-state index contributed by atoms with van der Waals surface area (Å²) in [4.78, 5) is 60.5. The zero-order valence-corrected chi connectivity index (χ0v) is 29.4. The number of hydroxylamine groups is 1. The van der Waals surface area contributed by atoms with Crippen molar-refractivity contribution >= 4 is 35.5 Å². The first-order chi connectivity index (χ1) is 24.4. The predicted octanol–water partition coefficient (Wildman–Crippen LogP) is 6.73. The van der Waals surface area contributed by atoms with Crippen LogP contribution in [-0.2, 0) is 30.3 Å². The molecule has 51 heavy (non-hydrogen) atoms. The molecule has 1 amide bonds. The molecule has 0 radical (unpaired) electrons. The zero-order valence-electron chi connectivity index (χ0n) is 29.4. The molecule has 4 aromatic rings. The van der Waals surface area contributed by atoms with Crippen molar-refractivity contribution in [2.75, 3.05) is 13.7 Å². The molecule has 12 nitrogen and oxygen atoms in total. The predicted molar refractivity (Wildman–Crippen MR) is 191 cm³/mol. The fourth-order valence-electron chi connectivity index (χ4n) is 4.87. The number of esters is 2. The van der Waals surface area contributed by atoms with Crippen LogP contribution in [0.15, 0.2) is 102 Å². The minimum absolute atomic E-state index is 0.131. The van der Waals surface area contributed by atoms with Gasteiger partial charge in [0.05, 0.1) is 25.0 Å². The van der Waals surface area contributed by atoms with Crippen LogP contribution in [0.25, 0.3) is 11.1 Å². The molecule has 12 heteroatoms. The van der Waals surface area contributed by atoms with Crippen LogP contribution < -0.4 is 20.3 Å². The van der Waals surface area contributed by atoms with E-state index in [1.54, 1.807) is 107 Å². The molecule has 0 unspecified atom stereocenters. The highest BCUT2D eigenvalue weighted by atomic mass is 16.7. The number of nitrogens with one attached hydrogen (secondary N) is 2. The fourth-order valence-corrected chi connectivity index (χ4v) is 4.87. The summed E-state index contributed by atoms with van der Waals surface area (Å²) in [6.07, 6.45) is -0.606. The van der Waals surface area contributed by atoms with Crippen molar-refractivity contribution in [1.29, 1.82) is 0 Å². The molecule has 0 aromatic heterocycles. The van der Waals surface area contributed by atoms with E-state index in [2.05, 4.69) is 15.8 Å². The van der Waals surface area contributed by atoms with E-state index in [0.717, 1.165) is 0 Å². The fraction of sp³-hybridized carbons (Fsp3) is 0.256. The molecule has 4 aromatic carbocycles. The SMILES string of the molecule is CCOC(=O)[C@H](Cc1ccc(C(=Nc2ccccc2)NOC(=O)c2cccc(OC)c2-c2ccc(OC(C)=O)cc2)cc1)NC(=O)OC(C)(C)C. The summed E-state index contributed by atoms with van der Waals surface area (Å²) in [6.45, 7) is 8.33. The Morgan fingerprint density at radius 3 is 2.14 bits per heavy atom. The van der Waals surface area contributed by atoms with Gasteiger partial charge >= 0.3 is 24.0 Å². The number of carbonyl (C=O) groups excluding carboxylic acids is 4. The molecule has 0 aliphatic carbocycles. The Morgan fingerprint density at radius 2 is 1.53 bits per heavy atom. The first kappa shape index (κ1) is 37.6. The van der Waals surface area contributed by atoms with E-state index in [-0.39, 0.29) is 24.4 Å². The van der Waals surface area contributed by atoms with Crippen LogP contribution in [0.5, 0.6) is 11.5 Å². The second kappa shape index (κ2) is 17.5. The van der Waals surface area contributed by atoms with E-state index in [1.165, 1.54) is 14.0 Å². The zero-order chi connectivity index (χ0) is 37.0. The van der Waals surface area contributed by atoms with Crippen LogP contribution >= 0.6 is 0 Å². The van der Waals surface area contributed by atoms with Crippen molar-refractivity contribution in [2.24, 2.45) is 4.99 Å². The molecule has 0 aliphatic rings. The Morgan fingerprint density at radius 1 is 0.843 bits per heavy atom. The number of aliphatic imine (C=N–C) groups is 1. The molecule has 0 fully saturated rings. The van der Waals surface area contributed by atoms with Crippen molar-refractivity contribution in [1.82, 2.24) is 10.8 Å². The van der Waals surface area contributed by atoms with Gasteiger partial charge in [-0.05, 0) is 75.2 Å². The average Bonchev–Trinajstić information content (AvgIpc) is 3.09. The number of hydrogen-bond acceptors (Lipinski definition) is 10. The van der Waals surface area contributed by atoms with E-state index in [4.69, 9.17) is 23.8 Å². The van der Waals surface area contributed by atoms with Crippen LogP contribution in [0.3, 0.4) is 0 Å². The normalized spacial score (nSPS) is 11.8. The Hall–Kier alpha value is -6.17. The van der Waals surface area contributed by atoms with Gasteiger partial charge < -0.3 is 29.1 Å². The lowest BCUT2D eigenvalue weighted by Gasteiger charge is -2.23. The van der Waals surface area contributed by atoms with Gasteiger partial charge in [-0.3, -0.25) is 4.79 Å². The molecule has 4 rings (SSSR count). The highest BCUT2D eigenvalue weighted by Crippen LogP contribution is 2.35. The summed E-state index contributed by atoms with van der Waals surface area (Å²) in [5.41, 5.74) is 5.17. The van der Waals surface area contributed by atoms with Gasteiger partial charge in [0.25, 0.3) is 0 Å². The molecule has 0 saturated carbocycles. The van der Waals surface area contributed by atoms with Crippen molar-refractivity contribution in [2.45, 2.75) is 52.7 Å². The van der Waals surface area contributed by atoms with E-state index < -0.39 is 35.6 Å². The maximum Gasteiger partial charge on any atom is 0.408 e. The topological polar surface area (TPSA) is 151 Å². The van der Waals surface area contributed by atoms with Gasteiger partial charge in [0.2, 0.25) is 0 Å². The van der Waals surface area contributed by atoms with Gasteiger partial charge in [0.15, 0.2) is 5.84 Å². The van der Waals surface area contributed by atoms with Crippen LogP contribution in [0.4, 0.5) is 10.5 Å². The van der Waals surface area contributed by atoms with E-state index in [1.807, 2.05) is 18.2 Å². The third kappa shape index (κ3) is 11.2. The van der Waals surface area contributed by atoms with Crippen molar-refractivity contribution in [3.8, 4) is 22.6 Å². The van der Waals surface area contributed by atoms with E-state index >= 15 is 0 Å². The molecule has 0 bridgehead atoms. The summed E-state index contributed by atoms with van der Waals surface area (Å²) in [5.74, 6) is -0.740. The summed E-state index contributed by atoms with van der Waals surface area (Å²) >= 11 is 0. The first-order valence-corrected chi connectivity index (χ1v) is 16.2. The number of methoxy groups -OCH3 is 1. The summed E-state index contributed by atoms with van der Waals surface area (Å²) in [6, 6.07) is 26.8. The van der Waals surface area contributed by atoms with Crippen LogP contribution in [0, 0.1) is 0 Å². The smallest absolute Gasteiger partial charge is 0.408 e. The lowest BCUT2D eigenvalue weighted by molar-refractivity contribution is -0.145. The minimum atomic E-state index is -0.989. The van der Waals surface area contributed by atoms with Gasteiger partial charge in [-0.2, -0.15) is 5.48 Å². The van der Waals surface area contributed by atoms with Crippen molar-refractivity contribution in [3.05, 3.63) is 114 Å². The minimum Gasteiger partial charge on any atom is -0.496 e. The number of rotatable bonds is 11. The third-order valence-electron chi connectivity index (χ3n) is 7.04. The molecule has 0 heterocycles. The average molecular weight is 696 g/mol. The Bertz CT molecular complexity index is 1850. The number of amides is 1. The van der Waals surface area contributed by atoms with Gasteiger partial charge in [0, 0.05) is 24.5 Å². The Balaban J connectivity index is 1.58. The number of hydrogen-bond donors (Lipinski definition) is 2. The third-order valence-corrected chi connectivity index (χ3v) is 7.04. The molecule has 0 saturated heterocycles. The molecular formula is C39H41N3O9. The summed E-state index contributed by atoms with van der Waals surface area (Å²) < 4.78 is 21.2. The number of carbonyl (C=O) groups is 4. The number of para-hydroxylation sites is 1. The number of benzene rings is 4. The lowest BCUT2D eigenvalue weighted by Crippen LogP contribution is -2.45. The van der Waals surface area contributed by atoms with Crippen molar-refractivity contribution in [3.63, 3.8) is 0 Å². The summed E-state index contributed by atoms with van der Waals surface area (Å²) in [7, 11) is 1.50. The monoisotopic (exact) mass is 695 g/mol. The van der Waals surface area contributed by atoms with E-state index in [9.17, 15) is 19.2 Å². The lowest BCUT2D eigenvalue weighted by atomic mass is 9.98. The van der Waals surface area contributed by atoms with Crippen LogP contribution in [0.2, 0.25) is 0 Å². The van der Waals surface area contributed by atoms with Crippen LogP contribution in [0.1, 0.15) is 56.1 Å². The standard InChI is InChI=1S/C39H41N3O9/c1-7-48-37(45)32(41-38(46)50-39(3,4)5)24-26-16-18-28(19-17-26)35(40-29-12-9-8-10-13-29)42-51-36(44)31-14-11-15-33(47-6)34(31)27-20-22-30(23-21-27)49-25(2)43/h8-23,32H,7,24H2,1-6H3,(H,40,42)(H,41,46)/t32-/m0/s1. The quantitative estimate of drug-likeness (QED) is 0.0432. The number of nitrogens with zero attached hydrogens (tertiary/aromatic N) is 1. The first-order valence-electron chi connectivity index (χ1n) is 16.2. The van der Waals surface area contributed by atoms with Gasteiger partial charge in [0.1, 0.15) is 23.1 Å². The Kier molecular flexibility index (Phi) is 12.9. The highest BCUT2D eigenvalue weighted by Gasteiger charge is 2.26. The van der Waals surface area contributed by atoms with Gasteiger partial charge in [-0.1, -0.05) is 60.7 Å². The molecule has 1 atom stereocenters. The number of alkyl carbamates (subject to hydrolysis) is 1. The van der Waals surface area contributed by atoms with Gasteiger partial charge in [-0.25, -0.2) is 19.4 Å². The molecular weight excluding hydrogens is 654 g/mol. The van der Waals surface area contributed by atoms with E-state index in [0.29, 0.717) is 39.4 Å². The molecule has 266 valence electrons. The van der Waals surface area contributed by atoms with Crippen LogP contribution in [-0.4, -0.2) is 55.2 Å². The largest absolute Gasteiger partial charge is 0.496 e. The highest BCUT2D eigenvalue weighted by molar-refractivity contribution is 6.03. The van der Waals surface area contributed by atoms with Crippen molar-refractivity contribution < 1.29 is 43.0 Å². The number of ether oxygens (including phenoxy) is 4.